The zero-order chi connectivity index (χ0) is 8.16. The Bertz CT molecular complexity index is 184. The minimum absolute atomic E-state index is 0.202. The summed E-state index contributed by atoms with van der Waals surface area (Å²) in [5, 5.41) is 8.34. The van der Waals surface area contributed by atoms with Crippen molar-refractivity contribution in [1.82, 2.24) is 0 Å². The molecule has 0 amide bonds. The molecule has 0 radical (unpaired) electrons. The lowest BCUT2D eigenvalue weighted by Gasteiger charge is -2.29. The number of hydrogen-bond acceptors (Lipinski definition) is 2. The van der Waals surface area contributed by atoms with E-state index in [1.807, 2.05) is 12.1 Å². The molecular formula is C9H13NO. The predicted octanol–water partition coefficient (Wildman–Crippen LogP) is 1.88. The van der Waals surface area contributed by atoms with Crippen molar-refractivity contribution >= 4 is 0 Å². The van der Waals surface area contributed by atoms with Gasteiger partial charge in [0.15, 0.2) is 0 Å². The van der Waals surface area contributed by atoms with Gasteiger partial charge in [-0.1, -0.05) is 13.0 Å². The summed E-state index contributed by atoms with van der Waals surface area (Å²) in [7, 11) is 0. The molecule has 2 heteroatoms. The molecule has 0 aromatic rings. The Labute approximate surface area is 67.5 Å². The first-order valence-corrected chi connectivity index (χ1v) is 3.92. The molecule has 1 heterocycles. The van der Waals surface area contributed by atoms with Crippen LogP contribution in [0.2, 0.25) is 0 Å². The van der Waals surface area contributed by atoms with Crippen molar-refractivity contribution in [2.45, 2.75) is 19.8 Å². The van der Waals surface area contributed by atoms with E-state index in [0.717, 1.165) is 26.1 Å². The van der Waals surface area contributed by atoms with Crippen molar-refractivity contribution in [3.63, 3.8) is 0 Å². The molecular weight excluding hydrogens is 138 g/mol. The maximum absolute atomic E-state index is 8.34. The van der Waals surface area contributed by atoms with Gasteiger partial charge in [0.25, 0.3) is 0 Å². The summed E-state index contributed by atoms with van der Waals surface area (Å²) >= 11 is 0. The Kier molecular flexibility index (Phi) is 2.67. The zero-order valence-corrected chi connectivity index (χ0v) is 6.84. The quantitative estimate of drug-likeness (QED) is 0.536. The van der Waals surface area contributed by atoms with E-state index in [-0.39, 0.29) is 5.41 Å². The summed E-state index contributed by atoms with van der Waals surface area (Å²) in [5.41, 5.74) is 0.202. The molecule has 0 N–H and O–H groups in total. The molecule has 0 saturated carbocycles. The van der Waals surface area contributed by atoms with Crippen LogP contribution in [0.3, 0.4) is 0 Å². The number of rotatable bonds is 1. The first kappa shape index (κ1) is 8.29. The minimum atomic E-state index is 0.202. The fraction of sp³-hybridized carbons (Fsp3) is 0.667. The zero-order valence-electron chi connectivity index (χ0n) is 6.84. The summed E-state index contributed by atoms with van der Waals surface area (Å²) in [6, 6.07) is 2.02. The SMILES string of the molecule is CC1(/C=C/C#N)CCOCC1. The predicted molar refractivity (Wildman–Crippen MR) is 42.9 cm³/mol. The van der Waals surface area contributed by atoms with E-state index in [0.29, 0.717) is 0 Å². The van der Waals surface area contributed by atoms with E-state index in [2.05, 4.69) is 6.92 Å². The van der Waals surface area contributed by atoms with Gasteiger partial charge in [0.2, 0.25) is 0 Å². The van der Waals surface area contributed by atoms with Gasteiger partial charge in [-0.25, -0.2) is 0 Å². The average Bonchev–Trinajstić information content (AvgIpc) is 2.03. The minimum Gasteiger partial charge on any atom is -0.381 e. The monoisotopic (exact) mass is 151 g/mol. The summed E-state index contributed by atoms with van der Waals surface area (Å²) in [5.74, 6) is 0. The Balaban J connectivity index is 2.51. The van der Waals surface area contributed by atoms with E-state index in [1.165, 1.54) is 0 Å². The lowest BCUT2D eigenvalue weighted by molar-refractivity contribution is 0.0450. The van der Waals surface area contributed by atoms with Gasteiger partial charge in [0.05, 0.1) is 6.07 Å². The molecule has 0 aromatic carbocycles. The first-order chi connectivity index (χ1) is 5.27. The maximum atomic E-state index is 8.34. The van der Waals surface area contributed by atoms with Crippen LogP contribution in [0.4, 0.5) is 0 Å². The molecule has 1 aliphatic rings. The van der Waals surface area contributed by atoms with Gasteiger partial charge in [-0.15, -0.1) is 0 Å². The summed E-state index contributed by atoms with van der Waals surface area (Å²) in [4.78, 5) is 0. The molecule has 1 rings (SSSR count). The van der Waals surface area contributed by atoms with Gasteiger partial charge in [0, 0.05) is 19.3 Å². The number of ether oxygens (including phenoxy) is 1. The van der Waals surface area contributed by atoms with Crippen molar-refractivity contribution in [3.8, 4) is 6.07 Å². The normalized spacial score (nSPS) is 23.3. The van der Waals surface area contributed by atoms with Crippen molar-refractivity contribution in [1.29, 1.82) is 5.26 Å². The van der Waals surface area contributed by atoms with Crippen molar-refractivity contribution in [3.05, 3.63) is 12.2 Å². The molecule has 60 valence electrons. The van der Waals surface area contributed by atoms with Crippen LogP contribution in [0.25, 0.3) is 0 Å². The second kappa shape index (κ2) is 3.54. The van der Waals surface area contributed by atoms with E-state index in [9.17, 15) is 0 Å². The molecule has 0 aliphatic carbocycles. The van der Waals surface area contributed by atoms with Crippen molar-refractivity contribution in [2.75, 3.05) is 13.2 Å². The Morgan fingerprint density at radius 3 is 2.64 bits per heavy atom. The number of nitriles is 1. The summed E-state index contributed by atoms with van der Waals surface area (Å²) < 4.78 is 5.23. The second-order valence-corrected chi connectivity index (χ2v) is 3.23. The van der Waals surface area contributed by atoms with Gasteiger partial charge >= 0.3 is 0 Å². The average molecular weight is 151 g/mol. The molecule has 0 spiro atoms. The van der Waals surface area contributed by atoms with Crippen LogP contribution in [-0.4, -0.2) is 13.2 Å². The van der Waals surface area contributed by atoms with Crippen LogP contribution in [0, 0.1) is 16.7 Å². The van der Waals surface area contributed by atoms with E-state index >= 15 is 0 Å². The number of hydrogen-bond donors (Lipinski definition) is 0. The molecule has 0 atom stereocenters. The number of nitrogens with zero attached hydrogens (tertiary/aromatic N) is 1. The Morgan fingerprint density at radius 2 is 2.09 bits per heavy atom. The summed E-state index contributed by atoms with van der Waals surface area (Å²) in [6.45, 7) is 3.82. The topological polar surface area (TPSA) is 33.0 Å². The summed E-state index contributed by atoms with van der Waals surface area (Å²) in [6.07, 6.45) is 5.64. The fourth-order valence-corrected chi connectivity index (χ4v) is 1.24. The van der Waals surface area contributed by atoms with Gasteiger partial charge in [-0.2, -0.15) is 5.26 Å². The lowest BCUT2D eigenvalue weighted by atomic mass is 9.82. The van der Waals surface area contributed by atoms with Crippen LogP contribution in [0.15, 0.2) is 12.2 Å². The Hall–Kier alpha value is -0.810. The van der Waals surface area contributed by atoms with Crippen LogP contribution < -0.4 is 0 Å². The van der Waals surface area contributed by atoms with Crippen LogP contribution >= 0.6 is 0 Å². The highest BCUT2D eigenvalue weighted by molar-refractivity contribution is 5.08. The number of allylic oxidation sites excluding steroid dienone is 2. The second-order valence-electron chi connectivity index (χ2n) is 3.23. The van der Waals surface area contributed by atoms with E-state index in [4.69, 9.17) is 10.00 Å². The highest BCUT2D eigenvalue weighted by Gasteiger charge is 2.23. The van der Waals surface area contributed by atoms with Crippen LogP contribution in [0.5, 0.6) is 0 Å². The Morgan fingerprint density at radius 1 is 1.45 bits per heavy atom. The standard InChI is InChI=1S/C9H13NO/c1-9(3-2-6-10)4-7-11-8-5-9/h2-3H,4-5,7-8H2,1H3/b3-2+. The highest BCUT2D eigenvalue weighted by Crippen LogP contribution is 2.30. The van der Waals surface area contributed by atoms with E-state index < -0.39 is 0 Å². The van der Waals surface area contributed by atoms with Gasteiger partial charge in [-0.05, 0) is 18.3 Å². The van der Waals surface area contributed by atoms with Gasteiger partial charge in [-0.3, -0.25) is 0 Å². The molecule has 0 unspecified atom stereocenters. The van der Waals surface area contributed by atoms with Crippen molar-refractivity contribution in [2.24, 2.45) is 5.41 Å². The van der Waals surface area contributed by atoms with Gasteiger partial charge in [0.1, 0.15) is 0 Å². The molecule has 1 saturated heterocycles. The van der Waals surface area contributed by atoms with Crippen LogP contribution in [-0.2, 0) is 4.74 Å². The third-order valence-electron chi connectivity index (χ3n) is 2.20. The van der Waals surface area contributed by atoms with Gasteiger partial charge < -0.3 is 4.74 Å². The molecule has 2 nitrogen and oxygen atoms in total. The molecule has 0 bridgehead atoms. The smallest absolute Gasteiger partial charge is 0.0908 e. The maximum Gasteiger partial charge on any atom is 0.0908 e. The fourth-order valence-electron chi connectivity index (χ4n) is 1.24. The lowest BCUT2D eigenvalue weighted by Crippen LogP contribution is -2.24. The first-order valence-electron chi connectivity index (χ1n) is 3.92. The van der Waals surface area contributed by atoms with E-state index in [1.54, 1.807) is 6.08 Å². The molecule has 11 heavy (non-hydrogen) atoms. The van der Waals surface area contributed by atoms with Crippen LogP contribution in [0.1, 0.15) is 19.8 Å². The van der Waals surface area contributed by atoms with Crippen molar-refractivity contribution < 1.29 is 4.74 Å². The third kappa shape index (κ3) is 2.36. The molecule has 1 fully saturated rings. The molecule has 0 aromatic heterocycles. The largest absolute Gasteiger partial charge is 0.381 e. The highest BCUT2D eigenvalue weighted by atomic mass is 16.5. The molecule has 1 aliphatic heterocycles. The third-order valence-corrected chi connectivity index (χ3v) is 2.20.